The molecule has 1 aromatic rings. The van der Waals surface area contributed by atoms with Crippen molar-refractivity contribution in [1.29, 1.82) is 0 Å². The third-order valence-electron chi connectivity index (χ3n) is 4.44. The fourth-order valence-corrected chi connectivity index (χ4v) is 2.76. The SMILES string of the molecule is CCCCC(CC)CNC(=O)COc1cc(C)ccc1C(C)(C)C. The van der Waals surface area contributed by atoms with E-state index in [0.29, 0.717) is 5.92 Å². The molecule has 3 nitrogen and oxygen atoms in total. The molecule has 1 atom stereocenters. The summed E-state index contributed by atoms with van der Waals surface area (Å²) in [5, 5.41) is 3.02. The second kappa shape index (κ2) is 9.71. The van der Waals surface area contributed by atoms with E-state index in [2.05, 4.69) is 52.1 Å². The first-order valence-electron chi connectivity index (χ1n) is 9.28. The Bertz CT molecular complexity index is 517. The molecular formula is C21H35NO2. The molecule has 1 amide bonds. The number of aryl methyl sites for hydroxylation is 1. The number of benzene rings is 1. The summed E-state index contributed by atoms with van der Waals surface area (Å²) >= 11 is 0. The lowest BCUT2D eigenvalue weighted by atomic mass is 9.86. The molecule has 136 valence electrons. The van der Waals surface area contributed by atoms with Crippen LogP contribution < -0.4 is 10.1 Å². The van der Waals surface area contributed by atoms with Crippen molar-refractivity contribution in [3.63, 3.8) is 0 Å². The minimum atomic E-state index is -0.0358. The number of carbonyl (C=O) groups is 1. The maximum absolute atomic E-state index is 12.1. The highest BCUT2D eigenvalue weighted by Gasteiger charge is 2.19. The summed E-state index contributed by atoms with van der Waals surface area (Å²) in [7, 11) is 0. The van der Waals surface area contributed by atoms with Crippen LogP contribution in [0.2, 0.25) is 0 Å². The molecule has 1 N–H and O–H groups in total. The lowest BCUT2D eigenvalue weighted by molar-refractivity contribution is -0.123. The highest BCUT2D eigenvalue weighted by Crippen LogP contribution is 2.32. The van der Waals surface area contributed by atoms with Crippen LogP contribution in [0.1, 0.15) is 71.4 Å². The Balaban J connectivity index is 2.57. The average molecular weight is 334 g/mol. The van der Waals surface area contributed by atoms with Crippen LogP contribution in [0.3, 0.4) is 0 Å². The molecule has 0 aliphatic heterocycles. The third kappa shape index (κ3) is 6.94. The van der Waals surface area contributed by atoms with Gasteiger partial charge < -0.3 is 10.1 Å². The van der Waals surface area contributed by atoms with Crippen LogP contribution in [-0.4, -0.2) is 19.1 Å². The Morgan fingerprint density at radius 3 is 2.54 bits per heavy atom. The van der Waals surface area contributed by atoms with Gasteiger partial charge in [0.25, 0.3) is 5.91 Å². The first-order chi connectivity index (χ1) is 11.3. The van der Waals surface area contributed by atoms with Gasteiger partial charge >= 0.3 is 0 Å². The van der Waals surface area contributed by atoms with Crippen LogP contribution in [0.5, 0.6) is 5.75 Å². The van der Waals surface area contributed by atoms with E-state index in [1.165, 1.54) is 19.3 Å². The zero-order chi connectivity index (χ0) is 18.2. The second-order valence-corrected chi connectivity index (χ2v) is 7.76. The van der Waals surface area contributed by atoms with E-state index in [9.17, 15) is 4.79 Å². The van der Waals surface area contributed by atoms with Gasteiger partial charge in [-0.2, -0.15) is 0 Å². The van der Waals surface area contributed by atoms with Crippen molar-refractivity contribution in [1.82, 2.24) is 5.32 Å². The first-order valence-corrected chi connectivity index (χ1v) is 9.28. The summed E-state index contributed by atoms with van der Waals surface area (Å²) in [6.07, 6.45) is 4.72. The summed E-state index contributed by atoms with van der Waals surface area (Å²) in [5.41, 5.74) is 2.27. The number of carbonyl (C=O) groups excluding carboxylic acids is 1. The van der Waals surface area contributed by atoms with Gasteiger partial charge in [-0.05, 0) is 41.9 Å². The Labute approximate surface area is 148 Å². The highest BCUT2D eigenvalue weighted by molar-refractivity contribution is 5.77. The molecule has 1 aromatic carbocycles. The molecule has 1 rings (SSSR count). The Morgan fingerprint density at radius 2 is 1.96 bits per heavy atom. The summed E-state index contributed by atoms with van der Waals surface area (Å²) in [4.78, 5) is 12.1. The molecule has 0 heterocycles. The summed E-state index contributed by atoms with van der Waals surface area (Å²) in [6, 6.07) is 6.21. The summed E-state index contributed by atoms with van der Waals surface area (Å²) < 4.78 is 5.84. The molecule has 3 heteroatoms. The van der Waals surface area contributed by atoms with Crippen molar-refractivity contribution in [2.75, 3.05) is 13.2 Å². The minimum Gasteiger partial charge on any atom is -0.483 e. The van der Waals surface area contributed by atoms with Gasteiger partial charge in [-0.15, -0.1) is 0 Å². The number of nitrogens with one attached hydrogen (secondary N) is 1. The molecular weight excluding hydrogens is 298 g/mol. The van der Waals surface area contributed by atoms with Crippen molar-refractivity contribution < 1.29 is 9.53 Å². The van der Waals surface area contributed by atoms with Gasteiger partial charge in [-0.25, -0.2) is 0 Å². The predicted octanol–water partition coefficient (Wildman–Crippen LogP) is 5.00. The topological polar surface area (TPSA) is 38.3 Å². The third-order valence-corrected chi connectivity index (χ3v) is 4.44. The Hall–Kier alpha value is -1.51. The predicted molar refractivity (Wildman–Crippen MR) is 102 cm³/mol. The monoisotopic (exact) mass is 333 g/mol. The fraction of sp³-hybridized carbons (Fsp3) is 0.667. The van der Waals surface area contributed by atoms with Crippen molar-refractivity contribution in [3.8, 4) is 5.75 Å². The largest absolute Gasteiger partial charge is 0.483 e. The van der Waals surface area contributed by atoms with Gasteiger partial charge in [-0.1, -0.05) is 66.0 Å². The zero-order valence-corrected chi connectivity index (χ0v) is 16.4. The maximum atomic E-state index is 12.1. The number of ether oxygens (including phenoxy) is 1. The molecule has 0 fully saturated rings. The number of hydrogen-bond acceptors (Lipinski definition) is 2. The fourth-order valence-electron chi connectivity index (χ4n) is 2.76. The summed E-state index contributed by atoms with van der Waals surface area (Å²) in [6.45, 7) is 13.7. The van der Waals surface area contributed by atoms with Crippen LogP contribution in [0.25, 0.3) is 0 Å². The minimum absolute atomic E-state index is 0.00698. The number of rotatable bonds is 9. The quantitative estimate of drug-likeness (QED) is 0.690. The van der Waals surface area contributed by atoms with E-state index < -0.39 is 0 Å². The van der Waals surface area contributed by atoms with Crippen LogP contribution in [0, 0.1) is 12.8 Å². The molecule has 0 saturated heterocycles. The normalized spacial score (nSPS) is 12.8. The van der Waals surface area contributed by atoms with Gasteiger partial charge in [0.05, 0.1) is 0 Å². The lowest BCUT2D eigenvalue weighted by Crippen LogP contribution is -2.33. The van der Waals surface area contributed by atoms with E-state index in [1.54, 1.807) is 0 Å². The van der Waals surface area contributed by atoms with Crippen molar-refractivity contribution in [3.05, 3.63) is 29.3 Å². The van der Waals surface area contributed by atoms with E-state index in [0.717, 1.165) is 29.8 Å². The lowest BCUT2D eigenvalue weighted by Gasteiger charge is -2.23. The molecule has 0 saturated carbocycles. The van der Waals surface area contributed by atoms with Crippen LogP contribution >= 0.6 is 0 Å². The van der Waals surface area contributed by atoms with Gasteiger partial charge in [-0.3, -0.25) is 4.79 Å². The number of amides is 1. The summed E-state index contributed by atoms with van der Waals surface area (Å²) in [5.74, 6) is 1.35. The standard InChI is InChI=1S/C21H35NO2/c1-7-9-10-17(8-2)14-22-20(23)15-24-19-13-16(3)11-12-18(19)21(4,5)6/h11-13,17H,7-10,14-15H2,1-6H3,(H,22,23). The maximum Gasteiger partial charge on any atom is 0.257 e. The van der Waals surface area contributed by atoms with E-state index in [-0.39, 0.29) is 17.9 Å². The van der Waals surface area contributed by atoms with Crippen LogP contribution in [-0.2, 0) is 10.2 Å². The molecule has 0 spiro atoms. The van der Waals surface area contributed by atoms with Gasteiger partial charge in [0.15, 0.2) is 6.61 Å². The smallest absolute Gasteiger partial charge is 0.257 e. The van der Waals surface area contributed by atoms with Crippen molar-refractivity contribution in [2.24, 2.45) is 5.92 Å². The zero-order valence-electron chi connectivity index (χ0n) is 16.4. The molecule has 0 bridgehead atoms. The molecule has 0 aliphatic carbocycles. The van der Waals surface area contributed by atoms with Crippen molar-refractivity contribution in [2.45, 2.75) is 72.6 Å². The number of hydrogen-bond donors (Lipinski definition) is 1. The number of unbranched alkanes of at least 4 members (excludes halogenated alkanes) is 1. The Morgan fingerprint density at radius 1 is 1.25 bits per heavy atom. The van der Waals surface area contributed by atoms with E-state index in [1.807, 2.05) is 13.0 Å². The molecule has 0 aliphatic rings. The van der Waals surface area contributed by atoms with Gasteiger partial charge in [0.1, 0.15) is 5.75 Å². The van der Waals surface area contributed by atoms with Gasteiger partial charge in [0, 0.05) is 6.54 Å². The Kier molecular flexibility index (Phi) is 8.30. The first kappa shape index (κ1) is 20.5. The van der Waals surface area contributed by atoms with Crippen molar-refractivity contribution >= 4 is 5.91 Å². The van der Waals surface area contributed by atoms with Crippen LogP contribution in [0.4, 0.5) is 0 Å². The van der Waals surface area contributed by atoms with E-state index in [4.69, 9.17) is 4.74 Å². The van der Waals surface area contributed by atoms with Crippen LogP contribution in [0.15, 0.2) is 18.2 Å². The van der Waals surface area contributed by atoms with E-state index >= 15 is 0 Å². The molecule has 0 radical (unpaired) electrons. The molecule has 24 heavy (non-hydrogen) atoms. The second-order valence-electron chi connectivity index (χ2n) is 7.76. The highest BCUT2D eigenvalue weighted by atomic mass is 16.5. The molecule has 0 aromatic heterocycles. The molecule has 1 unspecified atom stereocenters. The van der Waals surface area contributed by atoms with Gasteiger partial charge in [0.2, 0.25) is 0 Å². The average Bonchev–Trinajstić information content (AvgIpc) is 2.52.